The summed E-state index contributed by atoms with van der Waals surface area (Å²) in [5, 5.41) is 24.4. The average Bonchev–Trinajstić information content (AvgIpc) is 2.72. The van der Waals surface area contributed by atoms with Gasteiger partial charge in [-0.1, -0.05) is 15.9 Å². The molecule has 0 heterocycles. The van der Waals surface area contributed by atoms with Crippen molar-refractivity contribution in [2.24, 2.45) is 0 Å². The molecule has 11 heteroatoms. The van der Waals surface area contributed by atoms with Crippen LogP contribution in [0, 0.1) is 11.3 Å². The molecule has 0 saturated carbocycles. The van der Waals surface area contributed by atoms with Crippen molar-refractivity contribution in [3.05, 3.63) is 53.6 Å². The molecule has 0 saturated heterocycles. The van der Waals surface area contributed by atoms with E-state index < -0.39 is 28.8 Å². The number of amides is 2. The zero-order valence-electron chi connectivity index (χ0n) is 16.1. The molecule has 164 valence electrons. The van der Waals surface area contributed by atoms with Crippen LogP contribution in [0.15, 0.2) is 47.4 Å². The third-order valence-electron chi connectivity index (χ3n) is 3.97. The van der Waals surface area contributed by atoms with E-state index in [9.17, 15) is 27.9 Å². The maximum atomic E-state index is 13.1. The number of rotatable bonds is 7. The van der Waals surface area contributed by atoms with Crippen molar-refractivity contribution >= 4 is 50.9 Å². The van der Waals surface area contributed by atoms with E-state index in [0.717, 1.165) is 23.9 Å². The van der Waals surface area contributed by atoms with E-state index in [1.54, 1.807) is 24.3 Å². The van der Waals surface area contributed by atoms with Gasteiger partial charge >= 0.3 is 6.18 Å². The molecule has 2 aromatic rings. The van der Waals surface area contributed by atoms with E-state index >= 15 is 0 Å². The molecule has 0 bridgehead atoms. The first-order valence-corrected chi connectivity index (χ1v) is 10.8. The lowest BCUT2D eigenvalue weighted by Gasteiger charge is -2.22. The van der Waals surface area contributed by atoms with Crippen LogP contribution >= 0.6 is 27.7 Å². The SMILES string of the molecule is C[C@](O)(CSc1ccc(NC(=O)CBr)cc1)C(=O)Nc1ccc(C#N)c(C(F)(F)F)c1. The van der Waals surface area contributed by atoms with Crippen LogP contribution < -0.4 is 10.6 Å². The summed E-state index contributed by atoms with van der Waals surface area (Å²) in [5.74, 6) is -1.18. The molecule has 0 aliphatic carbocycles. The van der Waals surface area contributed by atoms with Crippen molar-refractivity contribution in [2.75, 3.05) is 21.7 Å². The first kappa shape index (κ1) is 24.7. The highest BCUT2D eigenvalue weighted by Crippen LogP contribution is 2.34. The van der Waals surface area contributed by atoms with E-state index in [1.165, 1.54) is 13.0 Å². The van der Waals surface area contributed by atoms with Gasteiger partial charge in [0.15, 0.2) is 0 Å². The minimum atomic E-state index is -4.76. The highest BCUT2D eigenvalue weighted by Gasteiger charge is 2.35. The highest BCUT2D eigenvalue weighted by molar-refractivity contribution is 9.09. The Balaban J connectivity index is 2.03. The lowest BCUT2D eigenvalue weighted by atomic mass is 10.1. The fourth-order valence-corrected chi connectivity index (χ4v) is 3.39. The molecule has 0 aromatic heterocycles. The number of benzene rings is 2. The van der Waals surface area contributed by atoms with E-state index in [0.29, 0.717) is 16.6 Å². The summed E-state index contributed by atoms with van der Waals surface area (Å²) in [6, 6.07) is 10.9. The minimum absolute atomic E-state index is 0.0751. The van der Waals surface area contributed by atoms with Crippen LogP contribution in [0.1, 0.15) is 18.1 Å². The van der Waals surface area contributed by atoms with Crippen LogP contribution in [0.4, 0.5) is 24.5 Å². The number of carbonyl (C=O) groups is 2. The summed E-state index contributed by atoms with van der Waals surface area (Å²) in [6.45, 7) is 1.24. The Labute approximate surface area is 189 Å². The lowest BCUT2D eigenvalue weighted by Crippen LogP contribution is -2.42. The average molecular weight is 516 g/mol. The zero-order chi connectivity index (χ0) is 23.2. The second-order valence-electron chi connectivity index (χ2n) is 6.59. The number of aliphatic hydroxyl groups is 1. The quantitative estimate of drug-likeness (QED) is 0.374. The molecule has 0 radical (unpaired) electrons. The number of hydrogen-bond acceptors (Lipinski definition) is 5. The van der Waals surface area contributed by atoms with Gasteiger partial charge in [-0.05, 0) is 49.4 Å². The molecule has 31 heavy (non-hydrogen) atoms. The Morgan fingerprint density at radius 1 is 1.13 bits per heavy atom. The Hall–Kier alpha value is -2.55. The second kappa shape index (κ2) is 10.2. The number of nitriles is 1. The zero-order valence-corrected chi connectivity index (χ0v) is 18.5. The van der Waals surface area contributed by atoms with Gasteiger partial charge in [0.05, 0.1) is 22.5 Å². The van der Waals surface area contributed by atoms with Crippen molar-refractivity contribution in [1.29, 1.82) is 5.26 Å². The molecule has 1 atom stereocenters. The summed E-state index contributed by atoms with van der Waals surface area (Å²) in [5.41, 5.74) is -3.23. The van der Waals surface area contributed by atoms with Crippen LogP contribution in [0.2, 0.25) is 0 Å². The Bertz CT molecular complexity index is 1010. The minimum Gasteiger partial charge on any atom is -0.379 e. The van der Waals surface area contributed by atoms with Crippen molar-refractivity contribution in [3.8, 4) is 6.07 Å². The van der Waals surface area contributed by atoms with E-state index in [2.05, 4.69) is 26.6 Å². The second-order valence-corrected chi connectivity index (χ2v) is 8.20. The molecular weight excluding hydrogens is 499 g/mol. The van der Waals surface area contributed by atoms with Crippen LogP contribution in [0.5, 0.6) is 0 Å². The molecule has 6 nitrogen and oxygen atoms in total. The van der Waals surface area contributed by atoms with Crippen molar-refractivity contribution in [3.63, 3.8) is 0 Å². The standard InChI is InChI=1S/C20H17BrF3N3O3S/c1-19(30,11-31-15-6-4-13(5-7-15)26-17(28)9-21)18(29)27-14-3-2-12(10-25)16(8-14)20(22,23)24/h2-8,30H,9,11H2,1H3,(H,26,28)(H,27,29)/t19-/m0/s1. The first-order chi connectivity index (χ1) is 14.5. The Kier molecular flexibility index (Phi) is 8.11. The lowest BCUT2D eigenvalue weighted by molar-refractivity contribution is -0.137. The number of carbonyl (C=O) groups excluding carboxylic acids is 2. The number of anilines is 2. The topological polar surface area (TPSA) is 102 Å². The molecule has 0 unspecified atom stereocenters. The predicted molar refractivity (Wildman–Crippen MR) is 115 cm³/mol. The number of alkyl halides is 4. The molecule has 0 aliphatic rings. The number of hydrogen-bond donors (Lipinski definition) is 3. The highest BCUT2D eigenvalue weighted by atomic mass is 79.9. The molecular formula is C20H17BrF3N3O3S. The molecule has 0 aliphatic heterocycles. The maximum Gasteiger partial charge on any atom is 0.417 e. The van der Waals surface area contributed by atoms with Crippen molar-refractivity contribution in [1.82, 2.24) is 0 Å². The molecule has 2 rings (SSSR count). The molecule has 2 amide bonds. The third-order valence-corrected chi connectivity index (χ3v) is 5.79. The van der Waals surface area contributed by atoms with E-state index in [1.807, 2.05) is 0 Å². The van der Waals surface area contributed by atoms with Gasteiger partial charge < -0.3 is 15.7 Å². The number of halogens is 4. The Morgan fingerprint density at radius 3 is 2.29 bits per heavy atom. The van der Waals surface area contributed by atoms with Gasteiger partial charge in [-0.3, -0.25) is 9.59 Å². The van der Waals surface area contributed by atoms with Crippen molar-refractivity contribution in [2.45, 2.75) is 23.6 Å². The van der Waals surface area contributed by atoms with Gasteiger partial charge in [-0.25, -0.2) is 0 Å². The maximum absolute atomic E-state index is 13.1. The number of thioether (sulfide) groups is 1. The summed E-state index contributed by atoms with van der Waals surface area (Å²) in [7, 11) is 0. The summed E-state index contributed by atoms with van der Waals surface area (Å²) in [4.78, 5) is 24.5. The fraction of sp³-hybridized carbons (Fsp3) is 0.250. The summed E-state index contributed by atoms with van der Waals surface area (Å²) >= 11 is 4.20. The predicted octanol–water partition coefficient (Wildman–Crippen LogP) is 4.39. The fourth-order valence-electron chi connectivity index (χ4n) is 2.34. The summed E-state index contributed by atoms with van der Waals surface area (Å²) in [6.07, 6.45) is -4.76. The normalized spacial score (nSPS) is 13.1. The number of nitrogens with zero attached hydrogens (tertiary/aromatic N) is 1. The smallest absolute Gasteiger partial charge is 0.379 e. The van der Waals surface area contributed by atoms with Crippen LogP contribution in [-0.4, -0.2) is 33.6 Å². The van der Waals surface area contributed by atoms with E-state index in [4.69, 9.17) is 5.26 Å². The van der Waals surface area contributed by atoms with Gasteiger partial charge in [-0.15, -0.1) is 11.8 Å². The first-order valence-electron chi connectivity index (χ1n) is 8.70. The van der Waals surface area contributed by atoms with Gasteiger partial charge in [0.25, 0.3) is 5.91 Å². The Morgan fingerprint density at radius 2 is 1.74 bits per heavy atom. The van der Waals surface area contributed by atoms with Gasteiger partial charge in [0, 0.05) is 22.0 Å². The van der Waals surface area contributed by atoms with Crippen LogP contribution in [0.3, 0.4) is 0 Å². The van der Waals surface area contributed by atoms with Crippen molar-refractivity contribution < 1.29 is 27.9 Å². The van der Waals surface area contributed by atoms with E-state index in [-0.39, 0.29) is 22.7 Å². The largest absolute Gasteiger partial charge is 0.417 e. The molecule has 0 fully saturated rings. The van der Waals surface area contributed by atoms with Crippen LogP contribution in [0.25, 0.3) is 0 Å². The van der Waals surface area contributed by atoms with Gasteiger partial charge in [0.2, 0.25) is 5.91 Å². The van der Waals surface area contributed by atoms with Crippen LogP contribution in [-0.2, 0) is 15.8 Å². The monoisotopic (exact) mass is 515 g/mol. The third kappa shape index (κ3) is 6.99. The molecule has 2 aromatic carbocycles. The number of nitrogens with one attached hydrogen (secondary N) is 2. The molecule has 3 N–H and O–H groups in total. The summed E-state index contributed by atoms with van der Waals surface area (Å²) < 4.78 is 39.2. The molecule has 0 spiro atoms. The van der Waals surface area contributed by atoms with Gasteiger partial charge in [0.1, 0.15) is 5.60 Å². The van der Waals surface area contributed by atoms with Gasteiger partial charge in [-0.2, -0.15) is 18.4 Å².